The molecule has 1 atom stereocenters. The standard InChI is InChI=1S/C21H41O7P.2Na/c1-2-3-4-5-6-7-8-9-10-11-12-13-14-15-16-17-21(23)27-19-20(18-22)28-29(24,25)26;;/h9-10,20,22H,2-8,11-19H2,1H3,(H2,24,25,26);;/q;2*+1/p-2/b10-9-;;/t20-;;/m0../s1. The maximum absolute atomic E-state index is 11.6. The number of esters is 1. The fraction of sp³-hybridized carbons (Fsp3) is 0.857. The van der Waals surface area contributed by atoms with Crippen molar-refractivity contribution in [2.75, 3.05) is 13.2 Å². The van der Waals surface area contributed by atoms with Crippen LogP contribution in [0.15, 0.2) is 12.2 Å². The number of allylic oxidation sites excluding steroid dienone is 2. The number of carbonyl (C=O) groups is 1. The second kappa shape index (κ2) is 25.9. The van der Waals surface area contributed by atoms with E-state index < -0.39 is 33.1 Å². The summed E-state index contributed by atoms with van der Waals surface area (Å²) in [5, 5.41) is 8.90. The minimum absolute atomic E-state index is 0. The van der Waals surface area contributed by atoms with Gasteiger partial charge in [0.1, 0.15) is 12.7 Å². The van der Waals surface area contributed by atoms with Crippen molar-refractivity contribution >= 4 is 13.8 Å². The Morgan fingerprint density at radius 1 is 0.903 bits per heavy atom. The summed E-state index contributed by atoms with van der Waals surface area (Å²) in [4.78, 5) is 32.5. The van der Waals surface area contributed by atoms with E-state index in [0.29, 0.717) is 6.42 Å². The molecule has 0 radical (unpaired) electrons. The summed E-state index contributed by atoms with van der Waals surface area (Å²) in [5.41, 5.74) is 0. The molecule has 0 aliphatic heterocycles. The molecule has 0 rings (SSSR count). The van der Waals surface area contributed by atoms with Crippen LogP contribution < -0.4 is 68.9 Å². The third-order valence-corrected chi connectivity index (χ3v) is 5.11. The van der Waals surface area contributed by atoms with Crippen molar-refractivity contribution in [2.24, 2.45) is 0 Å². The number of phosphoric acid groups is 1. The molecule has 172 valence electrons. The second-order valence-electron chi connectivity index (χ2n) is 7.37. The molecule has 0 aromatic heterocycles. The van der Waals surface area contributed by atoms with Crippen molar-refractivity contribution in [3.63, 3.8) is 0 Å². The maximum Gasteiger partial charge on any atom is 1.00 e. The largest absolute Gasteiger partial charge is 1.00 e. The van der Waals surface area contributed by atoms with Gasteiger partial charge >= 0.3 is 65.1 Å². The van der Waals surface area contributed by atoms with E-state index in [1.807, 2.05) is 0 Å². The van der Waals surface area contributed by atoms with Crippen molar-refractivity contribution in [3.05, 3.63) is 12.2 Å². The number of carbonyl (C=O) groups excluding carboxylic acids is 1. The number of aliphatic hydroxyl groups is 1. The number of ether oxygens (including phenoxy) is 1. The van der Waals surface area contributed by atoms with Crippen LogP contribution in [-0.4, -0.2) is 30.4 Å². The fourth-order valence-corrected chi connectivity index (χ4v) is 3.39. The van der Waals surface area contributed by atoms with E-state index >= 15 is 0 Å². The molecule has 0 unspecified atom stereocenters. The van der Waals surface area contributed by atoms with Crippen molar-refractivity contribution < 1.29 is 92.6 Å². The summed E-state index contributed by atoms with van der Waals surface area (Å²) in [6.45, 7) is 1.07. The van der Waals surface area contributed by atoms with Crippen molar-refractivity contribution in [1.29, 1.82) is 0 Å². The van der Waals surface area contributed by atoms with Crippen LogP contribution in [0.3, 0.4) is 0 Å². The van der Waals surface area contributed by atoms with Crippen molar-refractivity contribution in [3.8, 4) is 0 Å². The van der Waals surface area contributed by atoms with Crippen LogP contribution in [-0.2, 0) is 18.6 Å². The first kappa shape index (κ1) is 36.8. The Bertz CT molecular complexity index is 473. The average molecular weight is 480 g/mol. The Morgan fingerprint density at radius 3 is 1.87 bits per heavy atom. The van der Waals surface area contributed by atoms with Crippen LogP contribution in [0, 0.1) is 0 Å². The number of hydrogen-bond acceptors (Lipinski definition) is 7. The van der Waals surface area contributed by atoms with E-state index in [2.05, 4.69) is 23.6 Å². The molecule has 31 heavy (non-hydrogen) atoms. The van der Waals surface area contributed by atoms with Gasteiger partial charge in [0.2, 0.25) is 0 Å². The number of unbranched alkanes of at least 4 members (excludes halogenated alkanes) is 11. The Labute approximate surface area is 232 Å². The van der Waals surface area contributed by atoms with Crippen LogP contribution in [0.25, 0.3) is 0 Å². The normalized spacial score (nSPS) is 12.3. The zero-order valence-corrected chi connectivity index (χ0v) is 24.8. The van der Waals surface area contributed by atoms with E-state index in [-0.39, 0.29) is 65.5 Å². The average Bonchev–Trinajstić information content (AvgIpc) is 2.67. The number of rotatable bonds is 20. The van der Waals surface area contributed by atoms with Crippen molar-refractivity contribution in [1.82, 2.24) is 0 Å². The first-order chi connectivity index (χ1) is 13.9. The third-order valence-electron chi connectivity index (χ3n) is 4.55. The third kappa shape index (κ3) is 29.2. The Kier molecular flexibility index (Phi) is 30.8. The summed E-state index contributed by atoms with van der Waals surface area (Å²) < 4.78 is 19.4. The molecular weight excluding hydrogens is 441 g/mol. The molecule has 0 amide bonds. The Hall–Kier alpha value is 1.28. The van der Waals surface area contributed by atoms with Gasteiger partial charge in [0, 0.05) is 6.42 Å². The zero-order valence-electron chi connectivity index (χ0n) is 19.9. The maximum atomic E-state index is 11.6. The quantitative estimate of drug-likeness (QED) is 0.0690. The summed E-state index contributed by atoms with van der Waals surface area (Å²) in [6, 6.07) is 0. The molecule has 0 saturated carbocycles. The van der Waals surface area contributed by atoms with E-state index in [1.54, 1.807) is 0 Å². The predicted molar refractivity (Wildman–Crippen MR) is 110 cm³/mol. The van der Waals surface area contributed by atoms with E-state index in [4.69, 9.17) is 9.84 Å². The van der Waals surface area contributed by atoms with Crippen molar-refractivity contribution in [2.45, 2.75) is 103 Å². The number of phosphoric ester groups is 1. The van der Waals surface area contributed by atoms with E-state index in [9.17, 15) is 19.1 Å². The smallest absolute Gasteiger partial charge is 0.790 e. The SMILES string of the molecule is CCCCCCCC/C=C\CCCCCCCC(=O)OC[C@H](CO)OP(=O)([O-])[O-].[Na+].[Na+]. The van der Waals surface area contributed by atoms with E-state index in [0.717, 1.165) is 32.1 Å². The van der Waals surface area contributed by atoms with Crippen LogP contribution >= 0.6 is 7.82 Å². The Morgan fingerprint density at radius 2 is 1.39 bits per heavy atom. The molecule has 10 heteroatoms. The second-order valence-corrected chi connectivity index (χ2v) is 8.48. The molecule has 0 fully saturated rings. The number of aliphatic hydroxyl groups excluding tert-OH is 1. The summed E-state index contributed by atoms with van der Waals surface area (Å²) in [5.74, 6) is -0.490. The van der Waals surface area contributed by atoms with Gasteiger partial charge in [0.05, 0.1) is 14.4 Å². The minimum Gasteiger partial charge on any atom is -0.790 e. The molecule has 0 heterocycles. The summed E-state index contributed by atoms with van der Waals surface area (Å²) in [7, 11) is -5.21. The first-order valence-corrected chi connectivity index (χ1v) is 12.5. The zero-order chi connectivity index (χ0) is 21.8. The molecule has 0 aromatic rings. The molecule has 0 bridgehead atoms. The van der Waals surface area contributed by atoms with Gasteiger partial charge in [0.15, 0.2) is 0 Å². The molecule has 0 aromatic carbocycles. The molecule has 7 nitrogen and oxygen atoms in total. The predicted octanol–water partition coefficient (Wildman–Crippen LogP) is -2.22. The van der Waals surface area contributed by atoms with Gasteiger partial charge in [-0.1, -0.05) is 70.4 Å². The van der Waals surface area contributed by atoms with Gasteiger partial charge in [0.25, 0.3) is 0 Å². The molecular formula is C21H39Na2O7P. The number of hydrogen-bond donors (Lipinski definition) is 1. The van der Waals surface area contributed by atoms with Gasteiger partial charge in [-0.25, -0.2) is 0 Å². The van der Waals surface area contributed by atoms with Crippen LogP contribution in [0.5, 0.6) is 0 Å². The van der Waals surface area contributed by atoms with Crippen LogP contribution in [0.2, 0.25) is 0 Å². The first-order valence-electron chi connectivity index (χ1n) is 11.0. The molecule has 0 aliphatic carbocycles. The fourth-order valence-electron chi connectivity index (χ4n) is 2.90. The Balaban J connectivity index is -0.00000392. The molecule has 0 aliphatic rings. The molecule has 0 saturated heterocycles. The summed E-state index contributed by atoms with van der Waals surface area (Å²) in [6.07, 6.45) is 18.6. The molecule has 0 spiro atoms. The van der Waals surface area contributed by atoms with Gasteiger partial charge in [-0.05, 0) is 32.1 Å². The van der Waals surface area contributed by atoms with E-state index in [1.165, 1.54) is 44.9 Å². The monoisotopic (exact) mass is 480 g/mol. The van der Waals surface area contributed by atoms with Gasteiger partial charge in [-0.3, -0.25) is 4.79 Å². The topological polar surface area (TPSA) is 119 Å². The van der Waals surface area contributed by atoms with Gasteiger partial charge in [-0.2, -0.15) is 0 Å². The molecule has 1 N–H and O–H groups in total. The minimum atomic E-state index is -5.21. The summed E-state index contributed by atoms with van der Waals surface area (Å²) >= 11 is 0. The van der Waals surface area contributed by atoms with Crippen LogP contribution in [0.4, 0.5) is 0 Å². The van der Waals surface area contributed by atoms with Gasteiger partial charge < -0.3 is 28.7 Å². The van der Waals surface area contributed by atoms with Gasteiger partial charge in [-0.15, -0.1) is 0 Å². The van der Waals surface area contributed by atoms with Crippen LogP contribution in [0.1, 0.15) is 96.8 Å².